The second-order valence-corrected chi connectivity index (χ2v) is 5.89. The van der Waals surface area contributed by atoms with Crippen molar-refractivity contribution in [3.63, 3.8) is 0 Å². The smallest absolute Gasteiger partial charge is 0.138 e. The van der Waals surface area contributed by atoms with E-state index in [2.05, 4.69) is 29.2 Å². The lowest BCUT2D eigenvalue weighted by atomic mass is 9.95. The molecule has 2 aliphatic carbocycles. The van der Waals surface area contributed by atoms with Crippen LogP contribution in [0.2, 0.25) is 0 Å². The molecule has 3 nitrogen and oxygen atoms in total. The number of benzene rings is 1. The third-order valence-electron chi connectivity index (χ3n) is 4.68. The van der Waals surface area contributed by atoms with E-state index >= 15 is 0 Å². The minimum Gasteiger partial charge on any atom is -0.383 e. The molecule has 0 fully saturated rings. The molecule has 1 aromatic carbocycles. The van der Waals surface area contributed by atoms with Crippen molar-refractivity contribution in [1.29, 1.82) is 0 Å². The van der Waals surface area contributed by atoms with Crippen molar-refractivity contribution >= 4 is 5.82 Å². The molecular formula is C17H19N3. The highest BCUT2D eigenvalue weighted by molar-refractivity contribution is 5.46. The molecule has 0 spiro atoms. The van der Waals surface area contributed by atoms with Crippen molar-refractivity contribution in [2.24, 2.45) is 0 Å². The molecule has 3 heteroatoms. The zero-order chi connectivity index (χ0) is 13.5. The van der Waals surface area contributed by atoms with Gasteiger partial charge in [0, 0.05) is 17.2 Å². The summed E-state index contributed by atoms with van der Waals surface area (Å²) in [5, 5.41) is 0. The van der Waals surface area contributed by atoms with Crippen LogP contribution in [0, 0.1) is 0 Å². The van der Waals surface area contributed by atoms with E-state index in [0.29, 0.717) is 11.7 Å². The average Bonchev–Trinajstić information content (AvgIpc) is 2.91. The van der Waals surface area contributed by atoms with Crippen molar-refractivity contribution in [2.45, 2.75) is 44.4 Å². The van der Waals surface area contributed by atoms with E-state index < -0.39 is 0 Å². The van der Waals surface area contributed by atoms with Crippen LogP contribution in [0.1, 0.15) is 53.4 Å². The van der Waals surface area contributed by atoms with Crippen molar-refractivity contribution in [1.82, 2.24) is 9.97 Å². The molecule has 0 saturated heterocycles. The van der Waals surface area contributed by atoms with Crippen LogP contribution in [0.4, 0.5) is 5.82 Å². The maximum atomic E-state index is 6.18. The van der Waals surface area contributed by atoms with Crippen LogP contribution in [0.15, 0.2) is 24.3 Å². The Morgan fingerprint density at radius 1 is 1.00 bits per heavy atom. The van der Waals surface area contributed by atoms with E-state index in [4.69, 9.17) is 10.7 Å². The number of aryl methyl sites for hydroxylation is 2. The van der Waals surface area contributed by atoms with Gasteiger partial charge in [0.25, 0.3) is 0 Å². The zero-order valence-electron chi connectivity index (χ0n) is 11.6. The third kappa shape index (κ3) is 1.80. The van der Waals surface area contributed by atoms with Gasteiger partial charge in [-0.1, -0.05) is 24.3 Å². The van der Waals surface area contributed by atoms with Gasteiger partial charge in [0.15, 0.2) is 0 Å². The summed E-state index contributed by atoms with van der Waals surface area (Å²) < 4.78 is 0. The highest BCUT2D eigenvalue weighted by Gasteiger charge is 2.27. The van der Waals surface area contributed by atoms with Gasteiger partial charge in [-0.3, -0.25) is 0 Å². The number of fused-ring (bicyclic) bond motifs is 2. The summed E-state index contributed by atoms with van der Waals surface area (Å²) in [4.78, 5) is 9.50. The van der Waals surface area contributed by atoms with Crippen LogP contribution in [-0.4, -0.2) is 9.97 Å². The molecule has 2 N–H and O–H groups in total. The summed E-state index contributed by atoms with van der Waals surface area (Å²) in [6.07, 6.45) is 6.78. The Bertz CT molecular complexity index is 663. The summed E-state index contributed by atoms with van der Waals surface area (Å²) >= 11 is 0. The lowest BCUT2D eigenvalue weighted by Gasteiger charge is -2.19. The molecule has 0 radical (unpaired) electrons. The predicted molar refractivity (Wildman–Crippen MR) is 79.7 cm³/mol. The first-order valence-corrected chi connectivity index (χ1v) is 7.56. The molecule has 20 heavy (non-hydrogen) atoms. The largest absolute Gasteiger partial charge is 0.383 e. The lowest BCUT2D eigenvalue weighted by molar-refractivity contribution is 0.642. The number of aromatic nitrogens is 2. The molecule has 0 aliphatic heterocycles. The van der Waals surface area contributed by atoms with Crippen molar-refractivity contribution < 1.29 is 0 Å². The standard InChI is InChI=1S/C17H19N3/c18-16-14-7-3-4-8-15(14)19-17(20-16)13-10-9-11-5-1-2-6-12(11)13/h1-2,5-6,13H,3-4,7-10H2,(H2,18,19,20). The predicted octanol–water partition coefficient (Wildman–Crippen LogP) is 3.02. The van der Waals surface area contributed by atoms with Gasteiger partial charge in [0.2, 0.25) is 0 Å². The normalized spacial score (nSPS) is 20.5. The Morgan fingerprint density at radius 2 is 1.85 bits per heavy atom. The second-order valence-electron chi connectivity index (χ2n) is 5.89. The van der Waals surface area contributed by atoms with E-state index in [1.807, 2.05) is 0 Å². The fourth-order valence-electron chi connectivity index (χ4n) is 3.62. The van der Waals surface area contributed by atoms with E-state index in [0.717, 1.165) is 31.5 Å². The van der Waals surface area contributed by atoms with Crippen LogP contribution in [-0.2, 0) is 19.3 Å². The number of nitrogens with two attached hydrogens (primary N) is 1. The quantitative estimate of drug-likeness (QED) is 0.862. The van der Waals surface area contributed by atoms with Gasteiger partial charge < -0.3 is 5.73 Å². The molecular weight excluding hydrogens is 246 g/mol. The molecule has 2 aliphatic rings. The first-order valence-electron chi connectivity index (χ1n) is 7.56. The molecule has 1 heterocycles. The first kappa shape index (κ1) is 11.9. The van der Waals surface area contributed by atoms with Gasteiger partial charge in [0.05, 0.1) is 0 Å². The topological polar surface area (TPSA) is 51.8 Å². The van der Waals surface area contributed by atoms with Gasteiger partial charge in [0.1, 0.15) is 11.6 Å². The summed E-state index contributed by atoms with van der Waals surface area (Å²) in [6.45, 7) is 0. The highest BCUT2D eigenvalue weighted by Crippen LogP contribution is 2.37. The minimum absolute atomic E-state index is 0.334. The number of hydrogen-bond acceptors (Lipinski definition) is 3. The maximum Gasteiger partial charge on any atom is 0.138 e. The second kappa shape index (κ2) is 4.58. The monoisotopic (exact) mass is 265 g/mol. The van der Waals surface area contributed by atoms with Gasteiger partial charge in [-0.15, -0.1) is 0 Å². The van der Waals surface area contributed by atoms with Crippen LogP contribution in [0.3, 0.4) is 0 Å². The van der Waals surface area contributed by atoms with Crippen molar-refractivity contribution in [2.75, 3.05) is 5.73 Å². The fraction of sp³-hybridized carbons (Fsp3) is 0.412. The number of rotatable bonds is 1. The highest BCUT2D eigenvalue weighted by atomic mass is 15.0. The zero-order valence-corrected chi connectivity index (χ0v) is 11.6. The van der Waals surface area contributed by atoms with Crippen molar-refractivity contribution in [3.05, 3.63) is 52.5 Å². The number of nitrogen functional groups attached to an aromatic ring is 1. The van der Waals surface area contributed by atoms with Gasteiger partial charge >= 0.3 is 0 Å². The Kier molecular flexibility index (Phi) is 2.72. The Balaban J connectivity index is 1.79. The SMILES string of the molecule is Nc1nc(C2CCc3ccccc32)nc2c1CCCC2. The van der Waals surface area contributed by atoms with E-state index in [9.17, 15) is 0 Å². The molecule has 1 atom stereocenters. The minimum atomic E-state index is 0.334. The van der Waals surface area contributed by atoms with Crippen molar-refractivity contribution in [3.8, 4) is 0 Å². The maximum absolute atomic E-state index is 6.18. The summed E-state index contributed by atoms with van der Waals surface area (Å²) in [6, 6.07) is 8.66. The van der Waals surface area contributed by atoms with Crippen LogP contribution < -0.4 is 5.73 Å². The summed E-state index contributed by atoms with van der Waals surface area (Å²) in [5.74, 6) is 1.99. The molecule has 0 amide bonds. The van der Waals surface area contributed by atoms with E-state index in [1.54, 1.807) is 0 Å². The molecule has 2 aromatic rings. The van der Waals surface area contributed by atoms with E-state index in [1.165, 1.54) is 35.2 Å². The molecule has 0 saturated carbocycles. The van der Waals surface area contributed by atoms with Gasteiger partial charge in [-0.2, -0.15) is 0 Å². The summed E-state index contributed by atoms with van der Waals surface area (Å²) in [5.41, 5.74) is 11.4. The molecule has 0 bridgehead atoms. The molecule has 1 unspecified atom stereocenters. The first-order chi connectivity index (χ1) is 9.83. The molecule has 4 rings (SSSR count). The van der Waals surface area contributed by atoms with Crippen LogP contribution >= 0.6 is 0 Å². The van der Waals surface area contributed by atoms with E-state index in [-0.39, 0.29) is 0 Å². The number of nitrogens with zero attached hydrogens (tertiary/aromatic N) is 2. The Hall–Kier alpha value is -1.90. The van der Waals surface area contributed by atoms with Gasteiger partial charge in [-0.25, -0.2) is 9.97 Å². The Morgan fingerprint density at radius 3 is 2.80 bits per heavy atom. The molecule has 1 aromatic heterocycles. The van der Waals surface area contributed by atoms with Crippen LogP contribution in [0.5, 0.6) is 0 Å². The molecule has 102 valence electrons. The fourth-order valence-corrected chi connectivity index (χ4v) is 3.62. The Labute approximate surface area is 119 Å². The van der Waals surface area contributed by atoms with Gasteiger partial charge in [-0.05, 0) is 49.7 Å². The number of hydrogen-bond donors (Lipinski definition) is 1. The average molecular weight is 265 g/mol. The number of anilines is 1. The third-order valence-corrected chi connectivity index (χ3v) is 4.68. The lowest BCUT2D eigenvalue weighted by Crippen LogP contribution is -2.15. The van der Waals surface area contributed by atoms with Crippen LogP contribution in [0.25, 0.3) is 0 Å². The summed E-state index contributed by atoms with van der Waals surface area (Å²) in [7, 11) is 0.